The van der Waals surface area contributed by atoms with Gasteiger partial charge in [-0.15, -0.1) is 0 Å². The van der Waals surface area contributed by atoms with Crippen LogP contribution in [0.4, 0.5) is 17.6 Å². The minimum atomic E-state index is -1.43. The minimum Gasteiger partial charge on any atom is -0.506 e. The Morgan fingerprint density at radius 1 is 0.765 bits per heavy atom. The summed E-state index contributed by atoms with van der Waals surface area (Å²) in [5, 5.41) is 9.52. The molecule has 0 aliphatic heterocycles. The first-order valence-corrected chi connectivity index (χ1v) is 11.3. The predicted octanol–water partition coefficient (Wildman–Crippen LogP) is 7.38. The highest BCUT2D eigenvalue weighted by Crippen LogP contribution is 2.33. The highest BCUT2D eigenvalue weighted by molar-refractivity contribution is 9.10. The molecule has 2 rings (SSSR count). The Bertz CT molecular complexity index is 966. The van der Waals surface area contributed by atoms with Gasteiger partial charge >= 0.3 is 11.9 Å². The lowest BCUT2D eigenvalue weighted by Crippen LogP contribution is -2.25. The fourth-order valence-electron chi connectivity index (χ4n) is 2.36. The summed E-state index contributed by atoms with van der Waals surface area (Å²) in [7, 11) is 0. The van der Waals surface area contributed by atoms with E-state index in [1.807, 2.05) is 0 Å². The van der Waals surface area contributed by atoms with Gasteiger partial charge in [0.15, 0.2) is 23.3 Å². The largest absolute Gasteiger partial charge is 0.506 e. The summed E-state index contributed by atoms with van der Waals surface area (Å²) < 4.78 is 63.4. The molecule has 0 amide bonds. The zero-order valence-corrected chi connectivity index (χ0v) is 22.7. The monoisotopic (exact) mass is 614 g/mol. The molecule has 188 valence electrons. The summed E-state index contributed by atoms with van der Waals surface area (Å²) in [6, 6.07) is 1.72. The van der Waals surface area contributed by atoms with E-state index in [4.69, 9.17) is 9.47 Å². The Labute approximate surface area is 211 Å². The topological polar surface area (TPSA) is 72.8 Å². The van der Waals surface area contributed by atoms with Gasteiger partial charge in [0.05, 0.1) is 4.47 Å². The van der Waals surface area contributed by atoms with Crippen molar-refractivity contribution in [3.63, 3.8) is 0 Å². The van der Waals surface area contributed by atoms with E-state index in [0.717, 1.165) is 12.1 Å². The molecule has 0 unspecified atom stereocenters. The molecule has 34 heavy (non-hydrogen) atoms. The Balaban J connectivity index is 0.000000340. The molecule has 0 heterocycles. The Morgan fingerprint density at radius 2 is 1.12 bits per heavy atom. The van der Waals surface area contributed by atoms with Crippen LogP contribution < -0.4 is 0 Å². The van der Waals surface area contributed by atoms with E-state index in [1.54, 1.807) is 41.5 Å². The second-order valence-electron chi connectivity index (χ2n) is 9.04. The maximum atomic E-state index is 13.6. The van der Waals surface area contributed by atoms with Crippen molar-refractivity contribution in [2.45, 2.75) is 59.7 Å². The number of benzene rings is 2. The number of phenolic OH excluding ortho intramolecular Hbond substituents is 1. The van der Waals surface area contributed by atoms with E-state index in [1.165, 1.54) is 6.92 Å². The zero-order chi connectivity index (χ0) is 26.8. The van der Waals surface area contributed by atoms with Gasteiger partial charge in [-0.3, -0.25) is 0 Å². The average molecular weight is 616 g/mol. The minimum absolute atomic E-state index is 0.114. The molecule has 0 fully saturated rings. The van der Waals surface area contributed by atoms with Crippen LogP contribution in [0.15, 0.2) is 21.1 Å². The molecule has 0 bridgehead atoms. The number of hydrogen-bond donors (Lipinski definition) is 1. The normalized spacial score (nSPS) is 11.4. The third kappa shape index (κ3) is 7.97. The van der Waals surface area contributed by atoms with Crippen molar-refractivity contribution in [2.24, 2.45) is 0 Å². The Hall–Kier alpha value is -2.14. The second kappa shape index (κ2) is 11.1. The van der Waals surface area contributed by atoms with E-state index in [9.17, 15) is 32.3 Å². The van der Waals surface area contributed by atoms with Gasteiger partial charge in [-0.2, -0.15) is 0 Å². The van der Waals surface area contributed by atoms with Gasteiger partial charge in [0.1, 0.15) is 28.1 Å². The number of esters is 2. The molecule has 11 heteroatoms. The molecular formula is C23H24Br2F4O5. The van der Waals surface area contributed by atoms with Crippen LogP contribution in [0.1, 0.15) is 67.8 Å². The van der Waals surface area contributed by atoms with E-state index in [-0.39, 0.29) is 10.0 Å². The number of aromatic hydroxyl groups is 1. The molecule has 0 radical (unpaired) electrons. The number of ether oxygens (including phenoxy) is 2. The lowest BCUT2D eigenvalue weighted by atomic mass is 10.1. The fraction of sp³-hybridized carbons (Fsp3) is 0.391. The molecule has 2 aromatic rings. The SMILES string of the molecule is CC(C)(C)OC(=O)c1c(O)c(Br)cc(F)c1F.Cc1c(Br)cc(F)c(F)c1C(=O)OC(C)(C)C. The van der Waals surface area contributed by atoms with E-state index in [2.05, 4.69) is 31.9 Å². The number of carbonyl (C=O) groups is 2. The molecule has 0 atom stereocenters. The van der Waals surface area contributed by atoms with Crippen LogP contribution in [0, 0.1) is 30.2 Å². The lowest BCUT2D eigenvalue weighted by molar-refractivity contribution is 0.00484. The highest BCUT2D eigenvalue weighted by atomic mass is 79.9. The Morgan fingerprint density at radius 3 is 1.53 bits per heavy atom. The van der Waals surface area contributed by atoms with Gasteiger partial charge in [-0.25, -0.2) is 27.2 Å². The molecular weight excluding hydrogens is 592 g/mol. The van der Waals surface area contributed by atoms with Crippen molar-refractivity contribution < 1.29 is 41.7 Å². The molecule has 0 saturated heterocycles. The zero-order valence-electron chi connectivity index (χ0n) is 19.5. The van der Waals surface area contributed by atoms with Gasteiger partial charge in [-0.05, 0) is 82.1 Å². The van der Waals surface area contributed by atoms with Crippen molar-refractivity contribution in [2.75, 3.05) is 0 Å². The maximum Gasteiger partial charge on any atom is 0.345 e. The highest BCUT2D eigenvalue weighted by Gasteiger charge is 2.28. The molecule has 0 aliphatic rings. The van der Waals surface area contributed by atoms with Crippen LogP contribution in [0.5, 0.6) is 5.75 Å². The summed E-state index contributed by atoms with van der Waals surface area (Å²) >= 11 is 5.88. The standard InChI is InChI=1S/C12H13BrF2O2.C11H11BrF2O3/c1-6-7(13)5-8(14)10(15)9(6)11(16)17-12(2,3)4;1-11(2,3)17-10(16)7-8(14)6(13)4-5(12)9(7)15/h5H,1-4H3;4,15H,1-3H3. The smallest absolute Gasteiger partial charge is 0.345 e. The number of carbonyl (C=O) groups excluding carboxylic acids is 2. The first kappa shape index (κ1) is 29.9. The first-order chi connectivity index (χ1) is 15.3. The summed E-state index contributed by atoms with van der Waals surface area (Å²) in [5.41, 5.74) is -2.49. The van der Waals surface area contributed by atoms with Crippen LogP contribution in [-0.4, -0.2) is 28.2 Å². The van der Waals surface area contributed by atoms with E-state index >= 15 is 0 Å². The summed E-state index contributed by atoms with van der Waals surface area (Å²) in [5.74, 6) is -7.60. The van der Waals surface area contributed by atoms with Crippen LogP contribution in [0.3, 0.4) is 0 Å². The fourth-order valence-corrected chi connectivity index (χ4v) is 3.16. The average Bonchev–Trinajstić information content (AvgIpc) is 2.63. The van der Waals surface area contributed by atoms with Gasteiger partial charge < -0.3 is 14.6 Å². The molecule has 0 aliphatic carbocycles. The third-order valence-electron chi connectivity index (χ3n) is 3.77. The van der Waals surface area contributed by atoms with Gasteiger partial charge in [0.2, 0.25) is 0 Å². The maximum absolute atomic E-state index is 13.6. The molecule has 0 spiro atoms. The number of rotatable bonds is 2. The van der Waals surface area contributed by atoms with Gasteiger partial charge in [0.25, 0.3) is 0 Å². The quantitative estimate of drug-likeness (QED) is 0.217. The van der Waals surface area contributed by atoms with Crippen LogP contribution in [-0.2, 0) is 9.47 Å². The summed E-state index contributed by atoms with van der Waals surface area (Å²) in [4.78, 5) is 23.4. The number of phenols is 1. The van der Waals surface area contributed by atoms with Crippen LogP contribution in [0.2, 0.25) is 0 Å². The number of halogens is 6. The van der Waals surface area contributed by atoms with Crippen LogP contribution >= 0.6 is 31.9 Å². The van der Waals surface area contributed by atoms with Crippen molar-refractivity contribution in [1.29, 1.82) is 0 Å². The van der Waals surface area contributed by atoms with E-state index in [0.29, 0.717) is 10.0 Å². The van der Waals surface area contributed by atoms with Gasteiger partial charge in [0, 0.05) is 4.47 Å². The Kier molecular flexibility index (Phi) is 9.73. The summed E-state index contributed by atoms with van der Waals surface area (Å²) in [6.45, 7) is 11.2. The summed E-state index contributed by atoms with van der Waals surface area (Å²) in [6.07, 6.45) is 0. The predicted molar refractivity (Wildman–Crippen MR) is 125 cm³/mol. The molecule has 1 N–H and O–H groups in total. The lowest BCUT2D eigenvalue weighted by Gasteiger charge is -2.20. The molecule has 5 nitrogen and oxygen atoms in total. The van der Waals surface area contributed by atoms with Crippen molar-refractivity contribution in [1.82, 2.24) is 0 Å². The molecule has 0 aromatic heterocycles. The van der Waals surface area contributed by atoms with Crippen molar-refractivity contribution >= 4 is 43.8 Å². The first-order valence-electron chi connectivity index (χ1n) is 9.74. The molecule has 2 aromatic carbocycles. The van der Waals surface area contributed by atoms with Crippen molar-refractivity contribution in [3.8, 4) is 5.75 Å². The second-order valence-corrected chi connectivity index (χ2v) is 10.7. The number of hydrogen-bond acceptors (Lipinski definition) is 5. The van der Waals surface area contributed by atoms with Crippen LogP contribution in [0.25, 0.3) is 0 Å². The van der Waals surface area contributed by atoms with Gasteiger partial charge in [-0.1, -0.05) is 15.9 Å². The molecule has 0 saturated carbocycles. The van der Waals surface area contributed by atoms with E-state index < -0.39 is 57.7 Å². The third-order valence-corrected chi connectivity index (χ3v) is 5.20. The van der Waals surface area contributed by atoms with Crippen molar-refractivity contribution in [3.05, 3.63) is 61.0 Å².